The predicted molar refractivity (Wildman–Crippen MR) is 73.3 cm³/mol. The Kier molecular flexibility index (Phi) is 5.10. The van der Waals surface area contributed by atoms with Crippen LogP contribution in [0.2, 0.25) is 0 Å². The summed E-state index contributed by atoms with van der Waals surface area (Å²) in [6.07, 6.45) is 0.0455. The van der Waals surface area contributed by atoms with Gasteiger partial charge in [-0.15, -0.1) is 0 Å². The summed E-state index contributed by atoms with van der Waals surface area (Å²) in [7, 11) is 0. The monoisotopic (exact) mass is 285 g/mol. The molecule has 0 atom stereocenters. The van der Waals surface area contributed by atoms with Crippen molar-refractivity contribution >= 4 is 17.9 Å². The number of carboxylic acid groups (broad SMARTS) is 1. The van der Waals surface area contributed by atoms with E-state index in [0.717, 1.165) is 0 Å². The molecule has 0 saturated carbocycles. The molecule has 0 spiro atoms. The topological polar surface area (TPSA) is 90.0 Å². The lowest BCUT2D eigenvalue weighted by atomic mass is 10.1. The number of rotatable bonds is 7. The summed E-state index contributed by atoms with van der Waals surface area (Å²) in [4.78, 5) is 37.5. The zero-order valence-corrected chi connectivity index (χ0v) is 12.5. The number of nitrogens with zero attached hydrogens (tertiary/aromatic N) is 2. The molecular weight excluding hydrogens is 262 g/mol. The maximum absolute atomic E-state index is 12.0. The number of urea groups is 1. The Morgan fingerprint density at radius 2 is 1.95 bits per heavy atom. The van der Waals surface area contributed by atoms with Gasteiger partial charge < -0.3 is 10.4 Å². The lowest BCUT2D eigenvalue weighted by Gasteiger charge is -2.27. The van der Waals surface area contributed by atoms with E-state index >= 15 is 0 Å². The van der Waals surface area contributed by atoms with E-state index in [1.165, 1.54) is 4.90 Å². The number of amides is 3. The van der Waals surface area contributed by atoms with Crippen LogP contribution < -0.4 is 5.32 Å². The highest BCUT2D eigenvalue weighted by molar-refractivity contribution is 6.06. The maximum Gasteiger partial charge on any atom is 0.325 e. The van der Waals surface area contributed by atoms with Crippen LogP contribution in [0.15, 0.2) is 0 Å². The SMILES string of the molecule is CC(C)N(CCC(=O)O)CCN1C(=O)NC(C)(C)C1=O. The molecular formula is C13H23N3O4. The summed E-state index contributed by atoms with van der Waals surface area (Å²) in [6, 6.07) is -0.231. The average Bonchev–Trinajstić information content (AvgIpc) is 2.49. The summed E-state index contributed by atoms with van der Waals surface area (Å²) >= 11 is 0. The molecule has 3 amide bonds. The quantitative estimate of drug-likeness (QED) is 0.665. The van der Waals surface area contributed by atoms with Crippen LogP contribution in [0.4, 0.5) is 4.79 Å². The van der Waals surface area contributed by atoms with Crippen LogP contribution in [-0.2, 0) is 9.59 Å². The molecule has 0 unspecified atom stereocenters. The molecule has 7 heteroatoms. The van der Waals surface area contributed by atoms with Gasteiger partial charge in [0.25, 0.3) is 5.91 Å². The molecule has 20 heavy (non-hydrogen) atoms. The second-order valence-corrected chi connectivity index (χ2v) is 5.79. The van der Waals surface area contributed by atoms with Gasteiger partial charge in [0.05, 0.1) is 6.42 Å². The summed E-state index contributed by atoms with van der Waals surface area (Å²) in [5.74, 6) is -1.10. The van der Waals surface area contributed by atoms with Gasteiger partial charge >= 0.3 is 12.0 Å². The van der Waals surface area contributed by atoms with E-state index in [9.17, 15) is 14.4 Å². The molecule has 0 aliphatic carbocycles. The van der Waals surface area contributed by atoms with E-state index in [-0.39, 0.29) is 30.9 Å². The lowest BCUT2D eigenvalue weighted by molar-refractivity contribution is -0.137. The molecule has 1 saturated heterocycles. The second-order valence-electron chi connectivity index (χ2n) is 5.79. The number of hydrogen-bond donors (Lipinski definition) is 2. The molecule has 0 bridgehead atoms. The van der Waals surface area contributed by atoms with Crippen LogP contribution in [0.3, 0.4) is 0 Å². The van der Waals surface area contributed by atoms with Gasteiger partial charge in [-0.05, 0) is 27.7 Å². The van der Waals surface area contributed by atoms with Gasteiger partial charge in [-0.25, -0.2) is 4.79 Å². The number of carbonyl (C=O) groups is 3. The van der Waals surface area contributed by atoms with E-state index in [0.29, 0.717) is 13.1 Å². The molecule has 0 aromatic rings. The fourth-order valence-electron chi connectivity index (χ4n) is 2.12. The van der Waals surface area contributed by atoms with E-state index in [1.807, 2.05) is 18.7 Å². The zero-order valence-electron chi connectivity index (χ0n) is 12.5. The Morgan fingerprint density at radius 1 is 1.35 bits per heavy atom. The van der Waals surface area contributed by atoms with Gasteiger partial charge in [0.1, 0.15) is 5.54 Å². The van der Waals surface area contributed by atoms with Crippen molar-refractivity contribution in [2.24, 2.45) is 0 Å². The summed E-state index contributed by atoms with van der Waals surface area (Å²) in [5.41, 5.74) is -0.860. The smallest absolute Gasteiger partial charge is 0.325 e. The van der Waals surface area contributed by atoms with Gasteiger partial charge in [-0.3, -0.25) is 19.4 Å². The van der Waals surface area contributed by atoms with Crippen molar-refractivity contribution < 1.29 is 19.5 Å². The Balaban J connectivity index is 2.57. The van der Waals surface area contributed by atoms with Gasteiger partial charge in [0, 0.05) is 25.7 Å². The molecule has 0 aromatic heterocycles. The highest BCUT2D eigenvalue weighted by Crippen LogP contribution is 2.16. The van der Waals surface area contributed by atoms with Gasteiger partial charge in [0.15, 0.2) is 0 Å². The molecule has 0 aromatic carbocycles. The first kappa shape index (κ1) is 16.4. The van der Waals surface area contributed by atoms with Crippen molar-refractivity contribution in [2.75, 3.05) is 19.6 Å². The molecule has 1 rings (SSSR count). The maximum atomic E-state index is 12.0. The van der Waals surface area contributed by atoms with Crippen molar-refractivity contribution in [3.63, 3.8) is 0 Å². The Bertz CT molecular complexity index is 406. The minimum atomic E-state index is -0.860. The van der Waals surface area contributed by atoms with Gasteiger partial charge in [0.2, 0.25) is 0 Å². The molecule has 0 radical (unpaired) electrons. The van der Waals surface area contributed by atoms with Crippen LogP contribution in [0, 0.1) is 0 Å². The van der Waals surface area contributed by atoms with E-state index < -0.39 is 11.5 Å². The highest BCUT2D eigenvalue weighted by Gasteiger charge is 2.43. The largest absolute Gasteiger partial charge is 0.481 e. The molecule has 1 aliphatic heterocycles. The molecule has 1 heterocycles. The standard InChI is InChI=1S/C13H23N3O4/c1-9(2)15(6-5-10(17)18)7-8-16-11(19)13(3,4)14-12(16)20/h9H,5-8H2,1-4H3,(H,14,20)(H,17,18). The normalized spacial score (nSPS) is 18.0. The molecule has 7 nitrogen and oxygen atoms in total. The zero-order chi connectivity index (χ0) is 15.5. The fraction of sp³-hybridized carbons (Fsp3) is 0.769. The number of carbonyl (C=O) groups excluding carboxylic acids is 2. The minimum Gasteiger partial charge on any atom is -0.481 e. The third kappa shape index (κ3) is 3.93. The van der Waals surface area contributed by atoms with Crippen LogP contribution in [-0.4, -0.2) is 64.0 Å². The summed E-state index contributed by atoms with van der Waals surface area (Å²) in [6.45, 7) is 8.39. The Hall–Kier alpha value is -1.63. The third-order valence-electron chi connectivity index (χ3n) is 3.40. The second kappa shape index (κ2) is 6.21. The first-order chi connectivity index (χ1) is 9.15. The first-order valence-corrected chi connectivity index (χ1v) is 6.75. The molecule has 1 aliphatic rings. The van der Waals surface area contributed by atoms with Crippen LogP contribution in [0.5, 0.6) is 0 Å². The third-order valence-corrected chi connectivity index (χ3v) is 3.40. The fourth-order valence-corrected chi connectivity index (χ4v) is 2.12. The van der Waals surface area contributed by atoms with Crippen molar-refractivity contribution in [2.45, 2.75) is 45.7 Å². The first-order valence-electron chi connectivity index (χ1n) is 6.75. The van der Waals surface area contributed by atoms with Crippen molar-refractivity contribution in [1.82, 2.24) is 15.1 Å². The number of nitrogens with one attached hydrogen (secondary N) is 1. The van der Waals surface area contributed by atoms with Crippen LogP contribution >= 0.6 is 0 Å². The van der Waals surface area contributed by atoms with Crippen LogP contribution in [0.25, 0.3) is 0 Å². The van der Waals surface area contributed by atoms with Gasteiger partial charge in [-0.1, -0.05) is 0 Å². The molecule has 1 fully saturated rings. The van der Waals surface area contributed by atoms with Gasteiger partial charge in [-0.2, -0.15) is 0 Å². The van der Waals surface area contributed by atoms with Crippen LogP contribution in [0.1, 0.15) is 34.1 Å². The number of carboxylic acids is 1. The summed E-state index contributed by atoms with van der Waals surface area (Å²) in [5, 5.41) is 11.3. The predicted octanol–water partition coefficient (Wildman–Crippen LogP) is 0.502. The minimum absolute atomic E-state index is 0.0455. The average molecular weight is 285 g/mol. The van der Waals surface area contributed by atoms with E-state index in [2.05, 4.69) is 5.32 Å². The molecule has 2 N–H and O–H groups in total. The van der Waals surface area contributed by atoms with E-state index in [1.54, 1.807) is 13.8 Å². The highest BCUT2D eigenvalue weighted by atomic mass is 16.4. The Morgan fingerprint density at radius 3 is 2.35 bits per heavy atom. The number of imide groups is 1. The lowest BCUT2D eigenvalue weighted by Crippen LogP contribution is -2.43. The number of aliphatic carboxylic acids is 1. The van der Waals surface area contributed by atoms with E-state index in [4.69, 9.17) is 5.11 Å². The summed E-state index contributed by atoms with van der Waals surface area (Å²) < 4.78 is 0. The van der Waals surface area contributed by atoms with Crippen molar-refractivity contribution in [1.29, 1.82) is 0 Å². The number of hydrogen-bond acceptors (Lipinski definition) is 4. The van der Waals surface area contributed by atoms with Crippen molar-refractivity contribution in [3.05, 3.63) is 0 Å². The Labute approximate surface area is 118 Å². The van der Waals surface area contributed by atoms with Crippen molar-refractivity contribution in [3.8, 4) is 0 Å². The molecule has 114 valence electrons.